The quantitative estimate of drug-likeness (QED) is 0.238. The fourth-order valence-electron chi connectivity index (χ4n) is 3.07. The van der Waals surface area contributed by atoms with Crippen molar-refractivity contribution in [2.24, 2.45) is 5.41 Å². The minimum Gasteiger partial charge on any atom is -0.393 e. The Kier molecular flexibility index (Phi) is 8.64. The van der Waals surface area contributed by atoms with Gasteiger partial charge in [-0.3, -0.25) is 9.59 Å². The van der Waals surface area contributed by atoms with Gasteiger partial charge in [-0.15, -0.1) is 0 Å². The molecule has 1 fully saturated rings. The number of ether oxygens (including phenoxy) is 3. The summed E-state index contributed by atoms with van der Waals surface area (Å²) in [5, 5.41) is 0. The van der Waals surface area contributed by atoms with E-state index >= 15 is 0 Å². The molecule has 1 aliphatic rings. The second kappa shape index (κ2) is 9.95. The molecule has 5 nitrogen and oxygen atoms in total. The zero-order valence-electron chi connectivity index (χ0n) is 14.2. The monoisotopic (exact) mass is 314 g/mol. The van der Waals surface area contributed by atoms with Gasteiger partial charge >= 0.3 is 11.9 Å². The van der Waals surface area contributed by atoms with E-state index in [2.05, 4.69) is 6.92 Å². The Labute approximate surface area is 133 Å². The first-order chi connectivity index (χ1) is 10.6. The maximum Gasteiger partial charge on any atom is 0.320 e. The van der Waals surface area contributed by atoms with Crippen molar-refractivity contribution in [3.63, 3.8) is 0 Å². The van der Waals surface area contributed by atoms with Crippen LogP contribution in [0.5, 0.6) is 0 Å². The van der Waals surface area contributed by atoms with Crippen LogP contribution in [-0.4, -0.2) is 32.4 Å². The van der Waals surface area contributed by atoms with Gasteiger partial charge in [-0.05, 0) is 19.3 Å². The first-order valence-electron chi connectivity index (χ1n) is 8.38. The second-order valence-corrected chi connectivity index (χ2v) is 6.18. The third kappa shape index (κ3) is 5.69. The smallest absolute Gasteiger partial charge is 0.320 e. The molecular weight excluding hydrogens is 284 g/mol. The number of hydrogen-bond donors (Lipinski definition) is 0. The number of hydrogen-bond acceptors (Lipinski definition) is 5. The second-order valence-electron chi connectivity index (χ2n) is 6.18. The van der Waals surface area contributed by atoms with E-state index < -0.39 is 11.4 Å². The van der Waals surface area contributed by atoms with Gasteiger partial charge in [0.2, 0.25) is 0 Å². The van der Waals surface area contributed by atoms with E-state index in [0.29, 0.717) is 19.3 Å². The lowest BCUT2D eigenvalue weighted by molar-refractivity contribution is -0.156. The van der Waals surface area contributed by atoms with E-state index in [1.807, 2.05) is 0 Å². The number of carbonyl (C=O) groups excluding carboxylic acids is 2. The van der Waals surface area contributed by atoms with Gasteiger partial charge in [0.1, 0.15) is 0 Å². The Hall–Kier alpha value is -0.940. The Bertz CT molecular complexity index is 351. The molecule has 128 valence electrons. The lowest BCUT2D eigenvalue weighted by atomic mass is 9.77. The van der Waals surface area contributed by atoms with Crippen molar-refractivity contribution in [1.29, 1.82) is 0 Å². The number of rotatable bonds is 12. The number of cyclic esters (lactones) is 2. The molecule has 22 heavy (non-hydrogen) atoms. The van der Waals surface area contributed by atoms with Gasteiger partial charge in [0.25, 0.3) is 0 Å². The summed E-state index contributed by atoms with van der Waals surface area (Å²) in [5.41, 5.74) is -0.669. The molecule has 0 saturated carbocycles. The Morgan fingerprint density at radius 1 is 1.05 bits per heavy atom. The molecule has 0 aromatic carbocycles. The molecule has 1 aliphatic heterocycles. The summed E-state index contributed by atoms with van der Waals surface area (Å²) in [6, 6.07) is 0. The first kappa shape index (κ1) is 19.1. The van der Waals surface area contributed by atoms with Gasteiger partial charge in [-0.1, -0.05) is 45.4 Å². The van der Waals surface area contributed by atoms with E-state index in [4.69, 9.17) is 14.2 Å². The summed E-state index contributed by atoms with van der Waals surface area (Å²) >= 11 is 0. The molecule has 0 aromatic heterocycles. The van der Waals surface area contributed by atoms with Crippen molar-refractivity contribution in [3.8, 4) is 0 Å². The summed E-state index contributed by atoms with van der Waals surface area (Å²) in [7, 11) is 3.15. The van der Waals surface area contributed by atoms with Gasteiger partial charge in [0.15, 0.2) is 6.29 Å². The summed E-state index contributed by atoms with van der Waals surface area (Å²) < 4.78 is 15.2. The normalized spacial score (nSPS) is 21.6. The van der Waals surface area contributed by atoms with Crippen molar-refractivity contribution in [2.45, 2.75) is 77.4 Å². The molecule has 0 radical (unpaired) electrons. The topological polar surface area (TPSA) is 61.8 Å². The van der Waals surface area contributed by atoms with Crippen molar-refractivity contribution in [2.75, 3.05) is 14.2 Å². The maximum atomic E-state index is 12.1. The molecular formula is C17H30O5. The Morgan fingerprint density at radius 2 is 1.68 bits per heavy atom. The van der Waals surface area contributed by atoms with Gasteiger partial charge in [-0.25, -0.2) is 0 Å². The molecule has 1 saturated heterocycles. The molecule has 0 spiro atoms. The van der Waals surface area contributed by atoms with E-state index in [-0.39, 0.29) is 18.7 Å². The van der Waals surface area contributed by atoms with Gasteiger partial charge in [0.05, 0.1) is 11.8 Å². The van der Waals surface area contributed by atoms with Gasteiger partial charge in [0, 0.05) is 14.2 Å². The number of unbranched alkanes of at least 4 members (excludes halogenated alkanes) is 5. The predicted octanol–water partition coefficient (Wildman–Crippen LogP) is 3.60. The molecule has 1 unspecified atom stereocenters. The van der Waals surface area contributed by atoms with Crippen LogP contribution in [-0.2, 0) is 23.8 Å². The lowest BCUT2D eigenvalue weighted by Gasteiger charge is -2.25. The van der Waals surface area contributed by atoms with E-state index in [9.17, 15) is 9.59 Å². The molecule has 5 heteroatoms. The minimum atomic E-state index is -0.669. The highest BCUT2D eigenvalue weighted by atomic mass is 16.7. The third-order valence-corrected chi connectivity index (χ3v) is 4.52. The zero-order valence-corrected chi connectivity index (χ0v) is 14.2. The van der Waals surface area contributed by atoms with E-state index in [0.717, 1.165) is 12.8 Å². The molecule has 0 aliphatic carbocycles. The summed E-state index contributed by atoms with van der Waals surface area (Å²) in [6.07, 6.45) is 8.68. The summed E-state index contributed by atoms with van der Waals surface area (Å²) in [4.78, 5) is 23.7. The summed E-state index contributed by atoms with van der Waals surface area (Å²) in [5.74, 6) is -0.764. The van der Waals surface area contributed by atoms with Crippen LogP contribution in [0.15, 0.2) is 0 Å². The predicted molar refractivity (Wildman–Crippen MR) is 83.2 cm³/mol. The Morgan fingerprint density at radius 3 is 2.23 bits per heavy atom. The van der Waals surface area contributed by atoms with Crippen LogP contribution < -0.4 is 0 Å². The first-order valence-corrected chi connectivity index (χ1v) is 8.38. The molecule has 1 rings (SSSR count). The highest BCUT2D eigenvalue weighted by molar-refractivity contribution is 5.97. The van der Waals surface area contributed by atoms with Crippen LogP contribution in [0, 0.1) is 5.41 Å². The van der Waals surface area contributed by atoms with Crippen molar-refractivity contribution in [3.05, 3.63) is 0 Å². The maximum absolute atomic E-state index is 12.1. The third-order valence-electron chi connectivity index (χ3n) is 4.52. The van der Waals surface area contributed by atoms with Crippen LogP contribution in [0.25, 0.3) is 0 Å². The summed E-state index contributed by atoms with van der Waals surface area (Å²) in [6.45, 7) is 2.19. The molecule has 0 N–H and O–H groups in total. The van der Waals surface area contributed by atoms with Crippen molar-refractivity contribution < 1.29 is 23.8 Å². The average molecular weight is 314 g/mol. The van der Waals surface area contributed by atoms with Crippen LogP contribution in [0.3, 0.4) is 0 Å². The fourth-order valence-corrected chi connectivity index (χ4v) is 3.07. The molecule has 1 heterocycles. The van der Waals surface area contributed by atoms with Gasteiger partial charge in [-0.2, -0.15) is 0 Å². The molecule has 1 atom stereocenters. The number of methoxy groups -OCH3 is 2. The van der Waals surface area contributed by atoms with E-state index in [1.54, 1.807) is 14.2 Å². The Balaban J connectivity index is 2.49. The number of esters is 2. The average Bonchev–Trinajstić information content (AvgIpc) is 2.78. The highest BCUT2D eigenvalue weighted by Crippen LogP contribution is 2.41. The van der Waals surface area contributed by atoms with Crippen LogP contribution in [0.4, 0.5) is 0 Å². The highest BCUT2D eigenvalue weighted by Gasteiger charge is 2.48. The fraction of sp³-hybridized carbons (Fsp3) is 0.882. The van der Waals surface area contributed by atoms with Crippen LogP contribution >= 0.6 is 0 Å². The number of carbonyl (C=O) groups is 2. The SMILES string of the molecule is CCCCCCCCC1(CCC(OC)OC)CC(=O)OC1=O. The van der Waals surface area contributed by atoms with Gasteiger partial charge < -0.3 is 14.2 Å². The molecule has 0 aromatic rings. The van der Waals surface area contributed by atoms with Crippen LogP contribution in [0.2, 0.25) is 0 Å². The lowest BCUT2D eigenvalue weighted by Crippen LogP contribution is -2.29. The van der Waals surface area contributed by atoms with E-state index in [1.165, 1.54) is 25.7 Å². The minimum absolute atomic E-state index is 0.195. The van der Waals surface area contributed by atoms with Crippen molar-refractivity contribution in [1.82, 2.24) is 0 Å². The van der Waals surface area contributed by atoms with Crippen molar-refractivity contribution >= 4 is 11.9 Å². The largest absolute Gasteiger partial charge is 0.393 e. The molecule has 0 bridgehead atoms. The zero-order chi connectivity index (χ0) is 16.4. The molecule has 0 amide bonds. The standard InChI is InChI=1S/C17H30O5/c1-4-5-6-7-8-9-11-17(12-10-15(20-2)21-3)13-14(18)22-16(17)19/h15H,4-13H2,1-3H3. The van der Waals surface area contributed by atoms with Crippen LogP contribution in [0.1, 0.15) is 71.1 Å².